The minimum atomic E-state index is 1.31. The Morgan fingerprint density at radius 2 is 1.62 bits per heavy atom. The van der Waals surface area contributed by atoms with E-state index in [1.54, 1.807) is 0 Å². The van der Waals surface area contributed by atoms with Crippen LogP contribution in [0.5, 0.6) is 0 Å². The summed E-state index contributed by atoms with van der Waals surface area (Å²) in [7, 11) is 0. The van der Waals surface area contributed by atoms with Crippen LogP contribution in [0.25, 0.3) is 11.1 Å². The Hall–Kier alpha value is 0.630. The average molecular weight is 546 g/mol. The Kier molecular flexibility index (Phi) is 4.51. The Morgan fingerprint density at radius 3 is 2.31 bits per heavy atom. The number of rotatable bonds is 1. The number of hydrogen-bond acceptors (Lipinski definition) is 0. The summed E-state index contributed by atoms with van der Waals surface area (Å²) in [5, 5.41) is 0. The maximum Gasteiger partial charge on any atom is 0.0342 e. The summed E-state index contributed by atoms with van der Waals surface area (Å²) in [6.45, 7) is 2.16. The lowest BCUT2D eigenvalue weighted by molar-refractivity contribution is 1.42. The van der Waals surface area contributed by atoms with Gasteiger partial charge in [-0.05, 0) is 104 Å². The van der Waals surface area contributed by atoms with Crippen LogP contribution < -0.4 is 0 Å². The first-order valence-electron chi connectivity index (χ1n) is 4.80. The zero-order valence-electron chi connectivity index (χ0n) is 8.60. The quantitative estimate of drug-likeness (QED) is 0.417. The van der Waals surface area contributed by atoms with E-state index in [2.05, 4.69) is 111 Å². The predicted molar refractivity (Wildman–Crippen MR) is 94.8 cm³/mol. The molecule has 0 saturated heterocycles. The topological polar surface area (TPSA) is 0 Å². The van der Waals surface area contributed by atoms with E-state index in [0.717, 1.165) is 0 Å². The molecule has 0 aliphatic heterocycles. The molecule has 0 atom stereocenters. The van der Waals surface area contributed by atoms with Gasteiger partial charge in [-0.3, -0.25) is 0 Å². The van der Waals surface area contributed by atoms with E-state index in [1.807, 2.05) is 0 Å². The molecular formula is C13H9I3. The van der Waals surface area contributed by atoms with Crippen molar-refractivity contribution in [3.8, 4) is 11.1 Å². The molecule has 0 nitrogen and oxygen atoms in total. The molecule has 0 saturated carbocycles. The summed E-state index contributed by atoms with van der Waals surface area (Å²) in [5.74, 6) is 0. The molecule has 0 aromatic heterocycles. The first kappa shape index (κ1) is 13.1. The highest BCUT2D eigenvalue weighted by Gasteiger charge is 2.06. The molecule has 2 rings (SSSR count). The molecule has 0 fully saturated rings. The maximum absolute atomic E-state index is 2.42. The summed E-state index contributed by atoms with van der Waals surface area (Å²) in [4.78, 5) is 0. The van der Waals surface area contributed by atoms with E-state index in [0.29, 0.717) is 0 Å². The van der Waals surface area contributed by atoms with Gasteiger partial charge in [-0.25, -0.2) is 0 Å². The van der Waals surface area contributed by atoms with Crippen LogP contribution in [0.1, 0.15) is 5.56 Å². The first-order chi connectivity index (χ1) is 7.59. The van der Waals surface area contributed by atoms with E-state index < -0.39 is 0 Å². The van der Waals surface area contributed by atoms with Gasteiger partial charge in [-0.15, -0.1) is 0 Å². The molecule has 2 aromatic carbocycles. The lowest BCUT2D eigenvalue weighted by Crippen LogP contribution is -1.88. The number of halogens is 3. The smallest absolute Gasteiger partial charge is 0.0342 e. The fraction of sp³-hybridized carbons (Fsp3) is 0.0769. The lowest BCUT2D eigenvalue weighted by atomic mass is 10.0. The van der Waals surface area contributed by atoms with Crippen LogP contribution >= 0.6 is 67.8 Å². The fourth-order valence-corrected chi connectivity index (χ4v) is 3.04. The van der Waals surface area contributed by atoms with Gasteiger partial charge in [0.15, 0.2) is 0 Å². The fourth-order valence-electron chi connectivity index (χ4n) is 1.54. The normalized spacial score (nSPS) is 10.5. The molecule has 0 N–H and O–H groups in total. The van der Waals surface area contributed by atoms with Crippen molar-refractivity contribution in [3.63, 3.8) is 0 Å². The molecule has 0 radical (unpaired) electrons. The Labute approximate surface area is 137 Å². The van der Waals surface area contributed by atoms with Crippen LogP contribution in [0.15, 0.2) is 36.4 Å². The van der Waals surface area contributed by atoms with Gasteiger partial charge < -0.3 is 0 Å². The van der Waals surface area contributed by atoms with E-state index in [9.17, 15) is 0 Å². The second-order valence-electron chi connectivity index (χ2n) is 3.57. The van der Waals surface area contributed by atoms with Crippen LogP contribution in [0.2, 0.25) is 0 Å². The van der Waals surface area contributed by atoms with Gasteiger partial charge in [0.25, 0.3) is 0 Å². The van der Waals surface area contributed by atoms with E-state index in [1.165, 1.54) is 27.4 Å². The van der Waals surface area contributed by atoms with Crippen molar-refractivity contribution in [1.29, 1.82) is 0 Å². The molecule has 0 spiro atoms. The van der Waals surface area contributed by atoms with Crippen LogP contribution in [0, 0.1) is 17.6 Å². The number of aryl methyl sites for hydroxylation is 1. The van der Waals surface area contributed by atoms with Crippen LogP contribution in [-0.4, -0.2) is 0 Å². The van der Waals surface area contributed by atoms with Gasteiger partial charge in [0.1, 0.15) is 0 Å². The van der Waals surface area contributed by atoms with Gasteiger partial charge in [0.2, 0.25) is 0 Å². The molecule has 2 aromatic rings. The van der Waals surface area contributed by atoms with Crippen molar-refractivity contribution in [2.45, 2.75) is 6.92 Å². The Bertz CT molecular complexity index is 533. The van der Waals surface area contributed by atoms with Crippen LogP contribution in [-0.2, 0) is 0 Å². The molecule has 16 heavy (non-hydrogen) atoms. The van der Waals surface area contributed by atoms with Crippen molar-refractivity contribution in [2.24, 2.45) is 0 Å². The van der Waals surface area contributed by atoms with E-state index in [-0.39, 0.29) is 0 Å². The van der Waals surface area contributed by atoms with E-state index in [4.69, 9.17) is 0 Å². The summed E-state index contributed by atoms with van der Waals surface area (Å²) in [6, 6.07) is 13.1. The molecule has 0 bridgehead atoms. The highest BCUT2D eigenvalue weighted by Crippen LogP contribution is 2.30. The molecule has 0 unspecified atom stereocenters. The second-order valence-corrected chi connectivity index (χ2v) is 6.97. The lowest BCUT2D eigenvalue weighted by Gasteiger charge is -2.08. The highest BCUT2D eigenvalue weighted by molar-refractivity contribution is 14.1. The SMILES string of the molecule is Cc1cc(-c2cccc(I)c2I)ccc1I. The average Bonchev–Trinajstić information content (AvgIpc) is 2.26. The summed E-state index contributed by atoms with van der Waals surface area (Å²) in [5.41, 5.74) is 3.97. The van der Waals surface area contributed by atoms with Gasteiger partial charge in [0, 0.05) is 10.7 Å². The molecular weight excluding hydrogens is 537 g/mol. The molecule has 0 amide bonds. The minimum Gasteiger partial charge on any atom is -0.0605 e. The Balaban J connectivity index is 2.59. The van der Waals surface area contributed by atoms with Gasteiger partial charge >= 0.3 is 0 Å². The number of benzene rings is 2. The maximum atomic E-state index is 2.42. The second kappa shape index (κ2) is 5.51. The summed E-state index contributed by atoms with van der Waals surface area (Å²) < 4.78 is 3.97. The van der Waals surface area contributed by atoms with Crippen molar-refractivity contribution >= 4 is 67.8 Å². The van der Waals surface area contributed by atoms with Gasteiger partial charge in [-0.1, -0.05) is 24.3 Å². The molecule has 0 aliphatic carbocycles. The third-order valence-corrected chi connectivity index (χ3v) is 6.72. The summed E-state index contributed by atoms with van der Waals surface area (Å²) >= 11 is 7.17. The Morgan fingerprint density at radius 1 is 0.875 bits per heavy atom. The predicted octanol–water partition coefficient (Wildman–Crippen LogP) is 5.48. The van der Waals surface area contributed by atoms with Crippen molar-refractivity contribution in [3.05, 3.63) is 52.7 Å². The van der Waals surface area contributed by atoms with Crippen molar-refractivity contribution in [1.82, 2.24) is 0 Å². The van der Waals surface area contributed by atoms with E-state index >= 15 is 0 Å². The minimum absolute atomic E-state index is 1.31. The molecule has 82 valence electrons. The highest BCUT2D eigenvalue weighted by atomic mass is 127. The first-order valence-corrected chi connectivity index (χ1v) is 8.04. The monoisotopic (exact) mass is 546 g/mol. The molecule has 0 heterocycles. The zero-order chi connectivity index (χ0) is 11.7. The molecule has 0 aliphatic rings. The van der Waals surface area contributed by atoms with Crippen molar-refractivity contribution < 1.29 is 0 Å². The third kappa shape index (κ3) is 2.72. The zero-order valence-corrected chi connectivity index (χ0v) is 15.1. The third-order valence-electron chi connectivity index (χ3n) is 2.42. The van der Waals surface area contributed by atoms with Gasteiger partial charge in [-0.2, -0.15) is 0 Å². The molecule has 3 heteroatoms. The summed E-state index contributed by atoms with van der Waals surface area (Å²) in [6.07, 6.45) is 0. The largest absolute Gasteiger partial charge is 0.0605 e. The van der Waals surface area contributed by atoms with Crippen LogP contribution in [0.3, 0.4) is 0 Å². The van der Waals surface area contributed by atoms with Crippen molar-refractivity contribution in [2.75, 3.05) is 0 Å². The number of hydrogen-bond donors (Lipinski definition) is 0. The standard InChI is InChI=1S/C13H9I3/c1-8-7-9(5-6-11(8)14)10-3-2-4-12(15)13(10)16/h2-7H,1H3. The van der Waals surface area contributed by atoms with Gasteiger partial charge in [0.05, 0.1) is 0 Å². The van der Waals surface area contributed by atoms with Crippen LogP contribution in [0.4, 0.5) is 0 Å².